The Labute approximate surface area is 141 Å². The van der Waals surface area contributed by atoms with Crippen LogP contribution in [0.5, 0.6) is 5.88 Å². The number of aromatic nitrogens is 1. The van der Waals surface area contributed by atoms with Crippen molar-refractivity contribution in [3.05, 3.63) is 58.3 Å². The number of piperidine rings is 1. The molecule has 0 spiro atoms. The van der Waals surface area contributed by atoms with Gasteiger partial charge in [-0.05, 0) is 43.9 Å². The lowest BCUT2D eigenvalue weighted by atomic mass is 9.97. The van der Waals surface area contributed by atoms with Crippen molar-refractivity contribution >= 4 is 11.4 Å². The van der Waals surface area contributed by atoms with E-state index in [1.807, 2.05) is 30.3 Å². The highest BCUT2D eigenvalue weighted by Gasteiger charge is 2.21. The van der Waals surface area contributed by atoms with E-state index in [0.29, 0.717) is 24.0 Å². The number of hydrogen-bond donors (Lipinski definition) is 0. The molecule has 0 bridgehead atoms. The van der Waals surface area contributed by atoms with Crippen molar-refractivity contribution in [2.45, 2.75) is 19.8 Å². The number of ether oxygens (including phenoxy) is 1. The molecule has 1 aliphatic rings. The Morgan fingerprint density at radius 3 is 2.71 bits per heavy atom. The SMILES string of the molecule is Cc1cc(N2CCC(COc3ccccn3)CC2)ccc1[N+](=O)[O-]. The zero-order valence-electron chi connectivity index (χ0n) is 13.7. The summed E-state index contributed by atoms with van der Waals surface area (Å²) in [7, 11) is 0. The van der Waals surface area contributed by atoms with Crippen LogP contribution in [0.2, 0.25) is 0 Å². The van der Waals surface area contributed by atoms with Crippen molar-refractivity contribution in [1.29, 1.82) is 0 Å². The highest BCUT2D eigenvalue weighted by atomic mass is 16.6. The summed E-state index contributed by atoms with van der Waals surface area (Å²) >= 11 is 0. The molecule has 24 heavy (non-hydrogen) atoms. The number of aryl methyl sites for hydroxylation is 1. The molecule has 1 aromatic carbocycles. The van der Waals surface area contributed by atoms with Crippen molar-refractivity contribution in [2.24, 2.45) is 5.92 Å². The molecule has 2 heterocycles. The van der Waals surface area contributed by atoms with Crippen LogP contribution >= 0.6 is 0 Å². The first-order valence-corrected chi connectivity index (χ1v) is 8.17. The Kier molecular flexibility index (Phi) is 4.93. The minimum absolute atomic E-state index is 0.178. The van der Waals surface area contributed by atoms with E-state index in [4.69, 9.17) is 4.74 Å². The van der Waals surface area contributed by atoms with Crippen molar-refractivity contribution in [2.75, 3.05) is 24.6 Å². The van der Waals surface area contributed by atoms with Gasteiger partial charge in [-0.1, -0.05) is 6.07 Å². The van der Waals surface area contributed by atoms with E-state index in [0.717, 1.165) is 31.6 Å². The first-order valence-electron chi connectivity index (χ1n) is 8.17. The molecule has 6 heteroatoms. The van der Waals surface area contributed by atoms with E-state index in [2.05, 4.69) is 9.88 Å². The monoisotopic (exact) mass is 327 g/mol. The van der Waals surface area contributed by atoms with Gasteiger partial charge in [0.15, 0.2) is 0 Å². The molecule has 1 aliphatic heterocycles. The largest absolute Gasteiger partial charge is 0.477 e. The molecule has 0 amide bonds. The third-order valence-corrected chi connectivity index (χ3v) is 4.46. The van der Waals surface area contributed by atoms with Crippen LogP contribution in [-0.2, 0) is 0 Å². The van der Waals surface area contributed by atoms with Crippen LogP contribution in [0.1, 0.15) is 18.4 Å². The van der Waals surface area contributed by atoms with Gasteiger partial charge in [0.1, 0.15) is 0 Å². The minimum atomic E-state index is -0.333. The van der Waals surface area contributed by atoms with Crippen molar-refractivity contribution in [3.8, 4) is 5.88 Å². The quantitative estimate of drug-likeness (QED) is 0.620. The Hall–Kier alpha value is -2.63. The zero-order valence-corrected chi connectivity index (χ0v) is 13.7. The Morgan fingerprint density at radius 1 is 1.29 bits per heavy atom. The molecule has 0 radical (unpaired) electrons. The second-order valence-electron chi connectivity index (χ2n) is 6.14. The van der Waals surface area contributed by atoms with E-state index in [1.54, 1.807) is 19.2 Å². The van der Waals surface area contributed by atoms with Crippen LogP contribution in [0, 0.1) is 23.0 Å². The molecule has 0 unspecified atom stereocenters. The maximum atomic E-state index is 10.9. The van der Waals surface area contributed by atoms with Gasteiger partial charge in [-0.25, -0.2) is 4.98 Å². The average molecular weight is 327 g/mol. The van der Waals surface area contributed by atoms with E-state index in [9.17, 15) is 10.1 Å². The topological polar surface area (TPSA) is 68.5 Å². The molecule has 2 aromatic rings. The number of hydrogen-bond acceptors (Lipinski definition) is 5. The number of anilines is 1. The van der Waals surface area contributed by atoms with E-state index < -0.39 is 0 Å². The molecular formula is C18H21N3O3. The lowest BCUT2D eigenvalue weighted by Gasteiger charge is -2.33. The summed E-state index contributed by atoms with van der Waals surface area (Å²) in [5.74, 6) is 1.19. The second-order valence-corrected chi connectivity index (χ2v) is 6.14. The number of nitro benzene ring substituents is 1. The molecular weight excluding hydrogens is 306 g/mol. The lowest BCUT2D eigenvalue weighted by molar-refractivity contribution is -0.385. The van der Waals surface area contributed by atoms with E-state index >= 15 is 0 Å². The van der Waals surface area contributed by atoms with Gasteiger partial charge in [0.2, 0.25) is 5.88 Å². The van der Waals surface area contributed by atoms with E-state index in [1.165, 1.54) is 0 Å². The third kappa shape index (κ3) is 3.82. The number of nitrogens with zero attached hydrogens (tertiary/aromatic N) is 3. The van der Waals surface area contributed by atoms with Crippen LogP contribution in [0.4, 0.5) is 11.4 Å². The normalized spacial score (nSPS) is 15.3. The molecule has 0 N–H and O–H groups in total. The van der Waals surface area contributed by atoms with Crippen LogP contribution in [0.3, 0.4) is 0 Å². The fourth-order valence-electron chi connectivity index (χ4n) is 3.03. The van der Waals surface area contributed by atoms with Gasteiger partial charge in [0, 0.05) is 42.7 Å². The molecule has 6 nitrogen and oxygen atoms in total. The number of benzene rings is 1. The average Bonchev–Trinajstić information content (AvgIpc) is 2.61. The summed E-state index contributed by atoms with van der Waals surface area (Å²) in [6, 6.07) is 11.0. The zero-order chi connectivity index (χ0) is 16.9. The molecule has 1 fully saturated rings. The molecule has 0 saturated carbocycles. The summed E-state index contributed by atoms with van der Waals surface area (Å²) in [6.45, 7) is 4.35. The molecule has 0 atom stereocenters. The molecule has 1 aromatic heterocycles. The number of pyridine rings is 1. The van der Waals surface area contributed by atoms with E-state index in [-0.39, 0.29) is 10.6 Å². The van der Waals surface area contributed by atoms with Crippen LogP contribution in [0.25, 0.3) is 0 Å². The summed E-state index contributed by atoms with van der Waals surface area (Å²) in [6.07, 6.45) is 3.82. The summed E-state index contributed by atoms with van der Waals surface area (Å²) in [4.78, 5) is 17.0. The second kappa shape index (κ2) is 7.29. The van der Waals surface area contributed by atoms with Crippen LogP contribution < -0.4 is 9.64 Å². The minimum Gasteiger partial charge on any atom is -0.477 e. The number of nitro groups is 1. The predicted octanol–water partition coefficient (Wildman–Crippen LogP) is 3.59. The van der Waals surface area contributed by atoms with Gasteiger partial charge < -0.3 is 9.64 Å². The molecule has 126 valence electrons. The summed E-state index contributed by atoms with van der Waals surface area (Å²) in [5.41, 5.74) is 1.94. The maximum absolute atomic E-state index is 10.9. The Morgan fingerprint density at radius 2 is 2.08 bits per heavy atom. The first kappa shape index (κ1) is 16.2. The van der Waals surface area contributed by atoms with Gasteiger partial charge in [-0.2, -0.15) is 0 Å². The van der Waals surface area contributed by atoms with Crippen LogP contribution in [-0.4, -0.2) is 29.6 Å². The van der Waals surface area contributed by atoms with Crippen molar-refractivity contribution < 1.29 is 9.66 Å². The fraction of sp³-hybridized carbons (Fsp3) is 0.389. The van der Waals surface area contributed by atoms with Gasteiger partial charge in [0.25, 0.3) is 5.69 Å². The van der Waals surface area contributed by atoms with Gasteiger partial charge in [-0.3, -0.25) is 10.1 Å². The molecule has 1 saturated heterocycles. The Balaban J connectivity index is 1.53. The Bertz CT molecular complexity index is 698. The fourth-order valence-corrected chi connectivity index (χ4v) is 3.03. The van der Waals surface area contributed by atoms with Gasteiger partial charge >= 0.3 is 0 Å². The number of rotatable bonds is 5. The molecule has 3 rings (SSSR count). The lowest BCUT2D eigenvalue weighted by Crippen LogP contribution is -2.35. The maximum Gasteiger partial charge on any atom is 0.272 e. The third-order valence-electron chi connectivity index (χ3n) is 4.46. The van der Waals surface area contributed by atoms with Crippen LogP contribution in [0.15, 0.2) is 42.6 Å². The van der Waals surface area contributed by atoms with Gasteiger partial charge in [0.05, 0.1) is 11.5 Å². The first-order chi connectivity index (χ1) is 11.6. The predicted molar refractivity (Wildman–Crippen MR) is 92.5 cm³/mol. The van der Waals surface area contributed by atoms with Gasteiger partial charge in [-0.15, -0.1) is 0 Å². The summed E-state index contributed by atoms with van der Waals surface area (Å²) < 4.78 is 5.74. The van der Waals surface area contributed by atoms with Crippen molar-refractivity contribution in [3.63, 3.8) is 0 Å². The highest BCUT2D eigenvalue weighted by Crippen LogP contribution is 2.28. The highest BCUT2D eigenvalue weighted by molar-refractivity contribution is 5.55. The standard InChI is InChI=1S/C18H21N3O3/c1-14-12-16(5-6-17(14)21(22)23)20-10-7-15(8-11-20)13-24-18-4-2-3-9-19-18/h2-6,9,12,15H,7-8,10-11,13H2,1H3. The smallest absolute Gasteiger partial charge is 0.272 e. The summed E-state index contributed by atoms with van der Waals surface area (Å²) in [5, 5.41) is 10.9. The molecule has 0 aliphatic carbocycles. The van der Waals surface area contributed by atoms with Crippen molar-refractivity contribution in [1.82, 2.24) is 4.98 Å².